The molecule has 4 aromatic rings. The van der Waals surface area contributed by atoms with Crippen molar-refractivity contribution in [2.75, 3.05) is 0 Å². The highest BCUT2D eigenvalue weighted by molar-refractivity contribution is 5.99. The van der Waals surface area contributed by atoms with E-state index in [4.69, 9.17) is 4.74 Å². The van der Waals surface area contributed by atoms with Gasteiger partial charge in [-0.05, 0) is 54.3 Å². The van der Waals surface area contributed by atoms with Crippen LogP contribution in [0.1, 0.15) is 47.2 Å². The molecule has 6 nitrogen and oxygen atoms in total. The first-order valence-electron chi connectivity index (χ1n) is 11.2. The second-order valence-corrected chi connectivity index (χ2v) is 8.38. The van der Waals surface area contributed by atoms with Crippen LogP contribution in [0.4, 0.5) is 4.39 Å². The molecule has 0 aliphatic heterocycles. The van der Waals surface area contributed by atoms with Gasteiger partial charge < -0.3 is 9.64 Å². The molecule has 2 heterocycles. The molecule has 168 valence electrons. The summed E-state index contributed by atoms with van der Waals surface area (Å²) in [4.78, 5) is 19.9. The maximum absolute atomic E-state index is 13.6. The minimum atomic E-state index is -0.265. The fourth-order valence-corrected chi connectivity index (χ4v) is 4.39. The molecule has 0 spiro atoms. The molecular weight excluding hydrogens is 419 g/mol. The Balaban J connectivity index is 1.35. The Labute approximate surface area is 191 Å². The summed E-state index contributed by atoms with van der Waals surface area (Å²) in [5.74, 6) is 0.403. The summed E-state index contributed by atoms with van der Waals surface area (Å²) in [7, 11) is 0. The first kappa shape index (κ1) is 21.1. The third-order valence-corrected chi connectivity index (χ3v) is 6.11. The van der Waals surface area contributed by atoms with E-state index in [1.165, 1.54) is 12.1 Å². The Morgan fingerprint density at radius 1 is 1.09 bits per heavy atom. The number of benzene rings is 2. The first-order valence-corrected chi connectivity index (χ1v) is 11.2. The molecule has 0 radical (unpaired) electrons. The summed E-state index contributed by atoms with van der Waals surface area (Å²) in [5.41, 5.74) is 2.98. The molecule has 0 atom stereocenters. The molecule has 0 bridgehead atoms. The molecule has 33 heavy (non-hydrogen) atoms. The summed E-state index contributed by atoms with van der Waals surface area (Å²) in [6.45, 7) is 0.838. The molecule has 1 saturated carbocycles. The second kappa shape index (κ2) is 9.40. The lowest BCUT2D eigenvalue weighted by molar-refractivity contribution is 0.0666. The molecule has 2 aromatic carbocycles. The van der Waals surface area contributed by atoms with Crippen molar-refractivity contribution in [2.45, 2.75) is 44.9 Å². The van der Waals surface area contributed by atoms with Crippen molar-refractivity contribution < 1.29 is 13.9 Å². The Bertz CT molecular complexity index is 1250. The number of hydrogen-bond acceptors (Lipinski definition) is 4. The van der Waals surface area contributed by atoms with Crippen LogP contribution >= 0.6 is 0 Å². The number of halogens is 1. The van der Waals surface area contributed by atoms with Gasteiger partial charge in [0, 0.05) is 25.0 Å². The lowest BCUT2D eigenvalue weighted by Crippen LogP contribution is -2.38. The molecule has 1 fully saturated rings. The molecule has 0 saturated heterocycles. The monoisotopic (exact) mass is 444 g/mol. The molecule has 5 rings (SSSR count). The molecule has 0 unspecified atom stereocenters. The summed E-state index contributed by atoms with van der Waals surface area (Å²) >= 11 is 0. The second-order valence-electron chi connectivity index (χ2n) is 8.38. The van der Waals surface area contributed by atoms with E-state index in [-0.39, 0.29) is 17.8 Å². The number of fused-ring (bicyclic) bond motifs is 1. The Morgan fingerprint density at radius 3 is 2.73 bits per heavy atom. The van der Waals surface area contributed by atoms with Gasteiger partial charge in [-0.15, -0.1) is 0 Å². The summed E-state index contributed by atoms with van der Waals surface area (Å²) in [5, 5.41) is 4.29. The zero-order chi connectivity index (χ0) is 22.6. The summed E-state index contributed by atoms with van der Waals surface area (Å²) in [6.07, 6.45) is 9.33. The summed E-state index contributed by atoms with van der Waals surface area (Å²) < 4.78 is 20.7. The van der Waals surface area contributed by atoms with Gasteiger partial charge in [0.25, 0.3) is 5.91 Å². The van der Waals surface area contributed by atoms with Crippen LogP contribution in [0.15, 0.2) is 73.2 Å². The van der Waals surface area contributed by atoms with Crippen molar-refractivity contribution in [1.29, 1.82) is 0 Å². The van der Waals surface area contributed by atoms with Crippen LogP contribution < -0.4 is 4.74 Å². The largest absolute Gasteiger partial charge is 0.489 e. The third kappa shape index (κ3) is 4.72. The van der Waals surface area contributed by atoms with Crippen LogP contribution in [0.2, 0.25) is 0 Å². The van der Waals surface area contributed by atoms with E-state index < -0.39 is 0 Å². The van der Waals surface area contributed by atoms with Crippen molar-refractivity contribution in [3.63, 3.8) is 0 Å². The molecule has 0 N–H and O–H groups in total. The normalized spacial score (nSPS) is 14.0. The van der Waals surface area contributed by atoms with E-state index in [9.17, 15) is 9.18 Å². The van der Waals surface area contributed by atoms with Crippen molar-refractivity contribution in [3.8, 4) is 5.75 Å². The van der Waals surface area contributed by atoms with E-state index in [0.29, 0.717) is 30.1 Å². The zero-order valence-electron chi connectivity index (χ0n) is 18.2. The van der Waals surface area contributed by atoms with E-state index in [2.05, 4.69) is 10.1 Å². The Hall–Kier alpha value is -3.74. The SMILES string of the molecule is O=C(c1cnn2cccnc12)N(Cc1cccc(OCc2ccc(F)cc2)c1)C1CCCC1. The molecule has 1 aliphatic rings. The Morgan fingerprint density at radius 2 is 1.91 bits per heavy atom. The molecular formula is C26H25FN4O2. The average molecular weight is 445 g/mol. The first-order chi connectivity index (χ1) is 16.2. The molecule has 7 heteroatoms. The van der Waals surface area contributed by atoms with Gasteiger partial charge in [0.05, 0.1) is 6.20 Å². The number of nitrogens with zero attached hydrogens (tertiary/aromatic N) is 4. The standard InChI is InChI=1S/C26H25FN4O2/c27-21-11-9-19(10-12-21)18-33-23-8-3-5-20(15-23)17-30(22-6-1-2-7-22)26(32)24-16-29-31-14-4-13-28-25(24)31/h3-5,8-16,22H,1-2,6-7,17-18H2. The van der Waals surface area contributed by atoms with Gasteiger partial charge >= 0.3 is 0 Å². The van der Waals surface area contributed by atoms with Crippen molar-refractivity contribution >= 4 is 11.6 Å². The maximum Gasteiger partial charge on any atom is 0.259 e. The van der Waals surface area contributed by atoms with Crippen LogP contribution in [0.5, 0.6) is 5.75 Å². The number of carbonyl (C=O) groups is 1. The van der Waals surface area contributed by atoms with Gasteiger partial charge in [-0.2, -0.15) is 5.10 Å². The molecule has 1 aliphatic carbocycles. The lowest BCUT2D eigenvalue weighted by atomic mass is 10.1. The number of amides is 1. The number of aromatic nitrogens is 3. The average Bonchev–Trinajstić information content (AvgIpc) is 3.52. The Kier molecular flexibility index (Phi) is 6.02. The maximum atomic E-state index is 13.6. The highest BCUT2D eigenvalue weighted by Gasteiger charge is 2.29. The van der Waals surface area contributed by atoms with E-state index >= 15 is 0 Å². The predicted octanol–water partition coefficient (Wildman–Crippen LogP) is 5.03. The van der Waals surface area contributed by atoms with E-state index in [0.717, 1.165) is 36.8 Å². The van der Waals surface area contributed by atoms with Crippen LogP contribution in [-0.4, -0.2) is 31.4 Å². The fraction of sp³-hybridized carbons (Fsp3) is 0.269. The fourth-order valence-electron chi connectivity index (χ4n) is 4.39. The van der Waals surface area contributed by atoms with Gasteiger partial charge in [-0.1, -0.05) is 37.1 Å². The van der Waals surface area contributed by atoms with Gasteiger partial charge in [0.15, 0.2) is 5.65 Å². The van der Waals surface area contributed by atoms with Crippen molar-refractivity contribution in [3.05, 3.63) is 95.7 Å². The number of hydrogen-bond donors (Lipinski definition) is 0. The number of rotatable bonds is 7. The van der Waals surface area contributed by atoms with Gasteiger partial charge in [0.1, 0.15) is 23.7 Å². The van der Waals surface area contributed by atoms with Crippen molar-refractivity contribution in [1.82, 2.24) is 19.5 Å². The van der Waals surface area contributed by atoms with Crippen LogP contribution in [0.3, 0.4) is 0 Å². The predicted molar refractivity (Wildman–Crippen MR) is 122 cm³/mol. The number of carbonyl (C=O) groups excluding carboxylic acids is 1. The summed E-state index contributed by atoms with van der Waals surface area (Å²) in [6, 6.07) is 16.1. The topological polar surface area (TPSA) is 59.7 Å². The van der Waals surface area contributed by atoms with Crippen LogP contribution in [0, 0.1) is 5.82 Å². The van der Waals surface area contributed by atoms with Gasteiger partial charge in [-0.3, -0.25) is 4.79 Å². The van der Waals surface area contributed by atoms with Crippen molar-refractivity contribution in [2.24, 2.45) is 0 Å². The van der Waals surface area contributed by atoms with Crippen LogP contribution in [0.25, 0.3) is 5.65 Å². The third-order valence-electron chi connectivity index (χ3n) is 6.11. The zero-order valence-corrected chi connectivity index (χ0v) is 18.2. The minimum absolute atomic E-state index is 0.0479. The molecule has 1 amide bonds. The highest BCUT2D eigenvalue weighted by Crippen LogP contribution is 2.28. The van der Waals surface area contributed by atoms with Gasteiger partial charge in [-0.25, -0.2) is 13.9 Å². The van der Waals surface area contributed by atoms with Gasteiger partial charge in [0.2, 0.25) is 0 Å². The quantitative estimate of drug-likeness (QED) is 0.401. The minimum Gasteiger partial charge on any atom is -0.489 e. The number of ether oxygens (including phenoxy) is 1. The lowest BCUT2D eigenvalue weighted by Gasteiger charge is -2.29. The van der Waals surface area contributed by atoms with E-state index in [1.54, 1.807) is 41.3 Å². The van der Waals surface area contributed by atoms with E-state index in [1.807, 2.05) is 29.2 Å². The molecule has 2 aromatic heterocycles. The smallest absolute Gasteiger partial charge is 0.259 e. The van der Waals surface area contributed by atoms with Crippen LogP contribution in [-0.2, 0) is 13.2 Å². The highest BCUT2D eigenvalue weighted by atomic mass is 19.1.